The van der Waals surface area contributed by atoms with Crippen LogP contribution in [-0.2, 0) is 18.1 Å². The third-order valence-corrected chi connectivity index (χ3v) is 7.23. The van der Waals surface area contributed by atoms with Crippen molar-refractivity contribution >= 4 is 5.91 Å². The fourth-order valence-electron chi connectivity index (χ4n) is 5.33. The molecule has 1 aliphatic carbocycles. The zero-order valence-corrected chi connectivity index (χ0v) is 18.3. The number of aryl methyl sites for hydroxylation is 1. The Kier molecular flexibility index (Phi) is 4.31. The lowest BCUT2D eigenvalue weighted by Crippen LogP contribution is -2.48. The van der Waals surface area contributed by atoms with Gasteiger partial charge in [-0.1, -0.05) is 6.07 Å². The molecule has 0 bridgehead atoms. The molecule has 2 aromatic heterocycles. The first kappa shape index (κ1) is 21.0. The van der Waals surface area contributed by atoms with Crippen LogP contribution in [0.2, 0.25) is 0 Å². The molecule has 1 fully saturated rings. The second kappa shape index (κ2) is 6.97. The highest BCUT2D eigenvalue weighted by atomic mass is 19.4. The van der Waals surface area contributed by atoms with Crippen molar-refractivity contribution in [1.82, 2.24) is 19.0 Å². The van der Waals surface area contributed by atoms with Crippen LogP contribution in [0.5, 0.6) is 5.75 Å². The second-order valence-corrected chi connectivity index (χ2v) is 9.29. The molecular formula is C24H21F3N4O3. The van der Waals surface area contributed by atoms with Crippen molar-refractivity contribution in [3.8, 4) is 11.4 Å². The van der Waals surface area contributed by atoms with E-state index < -0.39 is 17.2 Å². The Labute approximate surface area is 192 Å². The van der Waals surface area contributed by atoms with Crippen molar-refractivity contribution in [2.24, 2.45) is 5.92 Å². The van der Waals surface area contributed by atoms with Gasteiger partial charge in [-0.3, -0.25) is 9.59 Å². The number of pyridine rings is 1. The summed E-state index contributed by atoms with van der Waals surface area (Å²) in [7, 11) is 0. The minimum Gasteiger partial charge on any atom is -0.493 e. The molecule has 0 saturated heterocycles. The highest BCUT2D eigenvalue weighted by Crippen LogP contribution is 2.60. The lowest BCUT2D eigenvalue weighted by Gasteiger charge is -2.35. The number of fused-ring (bicyclic) bond motifs is 4. The van der Waals surface area contributed by atoms with Crippen molar-refractivity contribution in [2.45, 2.75) is 31.5 Å². The average molecular weight is 470 g/mol. The summed E-state index contributed by atoms with van der Waals surface area (Å²) in [5.41, 5.74) is 0.813. The predicted molar refractivity (Wildman–Crippen MR) is 115 cm³/mol. The van der Waals surface area contributed by atoms with Crippen molar-refractivity contribution < 1.29 is 22.7 Å². The van der Waals surface area contributed by atoms with Crippen molar-refractivity contribution in [2.75, 3.05) is 19.7 Å². The summed E-state index contributed by atoms with van der Waals surface area (Å²) in [6.07, 6.45) is -0.379. The first-order valence-corrected chi connectivity index (χ1v) is 11.1. The van der Waals surface area contributed by atoms with Crippen LogP contribution < -0.4 is 10.3 Å². The molecule has 0 radical (unpaired) electrons. The number of halogens is 3. The molecule has 3 aliphatic rings. The number of aromatic nitrogens is 3. The van der Waals surface area contributed by atoms with Gasteiger partial charge in [0, 0.05) is 42.7 Å². The number of ether oxygens (including phenoxy) is 1. The molecule has 4 heterocycles. The van der Waals surface area contributed by atoms with Crippen molar-refractivity contribution in [3.05, 3.63) is 75.7 Å². The Hall–Kier alpha value is -3.56. The fourth-order valence-corrected chi connectivity index (χ4v) is 5.33. The minimum absolute atomic E-state index is 0.153. The van der Waals surface area contributed by atoms with Gasteiger partial charge in [-0.2, -0.15) is 13.2 Å². The van der Waals surface area contributed by atoms with E-state index in [-0.39, 0.29) is 23.1 Å². The summed E-state index contributed by atoms with van der Waals surface area (Å²) < 4.78 is 48.2. The molecule has 176 valence electrons. The Morgan fingerprint density at radius 3 is 2.74 bits per heavy atom. The molecule has 6 rings (SSSR count). The van der Waals surface area contributed by atoms with Crippen LogP contribution >= 0.6 is 0 Å². The van der Waals surface area contributed by atoms with Crippen molar-refractivity contribution in [3.63, 3.8) is 0 Å². The van der Waals surface area contributed by atoms with Crippen LogP contribution in [0.3, 0.4) is 0 Å². The first-order chi connectivity index (χ1) is 16.2. The third-order valence-electron chi connectivity index (χ3n) is 7.23. The van der Waals surface area contributed by atoms with Gasteiger partial charge in [0.15, 0.2) is 0 Å². The van der Waals surface area contributed by atoms with Crippen LogP contribution in [0.25, 0.3) is 5.69 Å². The molecule has 2 atom stereocenters. The van der Waals surface area contributed by atoms with E-state index >= 15 is 0 Å². The van der Waals surface area contributed by atoms with Gasteiger partial charge in [0.05, 0.1) is 24.2 Å². The number of rotatable bonds is 3. The fraction of sp³-hybridized carbons (Fsp3) is 0.375. The molecule has 7 nitrogen and oxygen atoms in total. The molecule has 34 heavy (non-hydrogen) atoms. The molecule has 0 spiro atoms. The SMILES string of the molecule is Cc1cn(-c2ccc3n(c2=O)CCN(CC24C[C@H]2COc2cc(C(F)(F)F)ccc24)C3=O)cn1. The number of hydrogen-bond donors (Lipinski definition) is 0. The highest BCUT2D eigenvalue weighted by Gasteiger charge is 2.60. The van der Waals surface area contributed by atoms with Crippen LogP contribution in [-0.4, -0.2) is 44.6 Å². The number of carbonyl (C=O) groups is 1. The predicted octanol–water partition coefficient (Wildman–Crippen LogP) is 3.17. The molecular weight excluding hydrogens is 449 g/mol. The summed E-state index contributed by atoms with van der Waals surface area (Å²) in [6, 6.07) is 6.89. The summed E-state index contributed by atoms with van der Waals surface area (Å²) in [6.45, 7) is 3.24. The number of alkyl halides is 3. The number of amides is 1. The van der Waals surface area contributed by atoms with E-state index in [4.69, 9.17) is 4.74 Å². The van der Waals surface area contributed by atoms with Crippen LogP contribution in [0.1, 0.15) is 33.7 Å². The van der Waals surface area contributed by atoms with Gasteiger partial charge in [-0.15, -0.1) is 0 Å². The summed E-state index contributed by atoms with van der Waals surface area (Å²) in [4.78, 5) is 32.2. The molecule has 1 amide bonds. The molecule has 1 unspecified atom stereocenters. The minimum atomic E-state index is -4.44. The van der Waals surface area contributed by atoms with Crippen LogP contribution in [0.4, 0.5) is 13.2 Å². The Morgan fingerprint density at radius 1 is 1.18 bits per heavy atom. The maximum atomic E-state index is 13.3. The van der Waals surface area contributed by atoms with E-state index in [0.717, 1.165) is 29.8 Å². The van der Waals surface area contributed by atoms with Gasteiger partial charge in [0.2, 0.25) is 0 Å². The van der Waals surface area contributed by atoms with Gasteiger partial charge < -0.3 is 18.8 Å². The van der Waals surface area contributed by atoms with Gasteiger partial charge in [-0.25, -0.2) is 4.98 Å². The quantitative estimate of drug-likeness (QED) is 0.590. The molecule has 0 N–H and O–H groups in total. The van der Waals surface area contributed by atoms with Crippen molar-refractivity contribution in [1.29, 1.82) is 0 Å². The van der Waals surface area contributed by atoms with E-state index in [1.807, 2.05) is 6.92 Å². The van der Waals surface area contributed by atoms with Crippen LogP contribution in [0.15, 0.2) is 47.7 Å². The lowest BCUT2D eigenvalue weighted by atomic mass is 9.89. The van der Waals surface area contributed by atoms with E-state index in [1.54, 1.807) is 34.1 Å². The zero-order valence-electron chi connectivity index (χ0n) is 18.3. The largest absolute Gasteiger partial charge is 0.493 e. The lowest BCUT2D eigenvalue weighted by molar-refractivity contribution is -0.137. The normalized spacial score (nSPS) is 23.1. The average Bonchev–Trinajstić information content (AvgIpc) is 3.37. The van der Waals surface area contributed by atoms with Gasteiger partial charge in [0.25, 0.3) is 11.5 Å². The smallest absolute Gasteiger partial charge is 0.416 e. The second-order valence-electron chi connectivity index (χ2n) is 9.29. The topological polar surface area (TPSA) is 69.4 Å². The monoisotopic (exact) mass is 470 g/mol. The van der Waals surface area contributed by atoms with E-state index in [1.165, 1.54) is 10.6 Å². The Morgan fingerprint density at radius 2 is 2.00 bits per heavy atom. The third kappa shape index (κ3) is 3.08. The Balaban J connectivity index is 1.29. The summed E-state index contributed by atoms with van der Waals surface area (Å²) in [5, 5.41) is 0. The van der Waals surface area contributed by atoms with E-state index in [0.29, 0.717) is 37.6 Å². The molecule has 2 aliphatic heterocycles. The summed E-state index contributed by atoms with van der Waals surface area (Å²) in [5.74, 6) is 0.141. The van der Waals surface area contributed by atoms with E-state index in [9.17, 15) is 22.8 Å². The highest BCUT2D eigenvalue weighted by molar-refractivity contribution is 5.93. The van der Waals surface area contributed by atoms with E-state index in [2.05, 4.69) is 4.98 Å². The van der Waals surface area contributed by atoms with Crippen LogP contribution in [0, 0.1) is 12.8 Å². The Bertz CT molecular complexity index is 1390. The van der Waals surface area contributed by atoms with Gasteiger partial charge in [0.1, 0.15) is 17.1 Å². The maximum Gasteiger partial charge on any atom is 0.416 e. The molecule has 1 saturated carbocycles. The number of carbonyl (C=O) groups excluding carboxylic acids is 1. The zero-order chi connectivity index (χ0) is 23.8. The maximum absolute atomic E-state index is 13.3. The molecule has 3 aromatic rings. The molecule has 1 aromatic carbocycles. The van der Waals surface area contributed by atoms with Gasteiger partial charge in [-0.05, 0) is 37.6 Å². The first-order valence-electron chi connectivity index (χ1n) is 11.1. The number of nitrogens with zero attached hydrogens (tertiary/aromatic N) is 4. The number of imidazole rings is 1. The molecule has 10 heteroatoms. The standard InChI is InChI=1S/C24H21F3N4O3/c1-14-10-30(13-28-14)18-4-5-19-21(32)29(6-7-31(19)22(18)33)12-23-9-16(23)11-34-20-8-15(24(25,26)27)2-3-17(20)23/h2-5,8,10,13,16H,6-7,9,11-12H2,1H3/t16-,23?/m0/s1. The number of hydrogen-bond acceptors (Lipinski definition) is 4. The summed E-state index contributed by atoms with van der Waals surface area (Å²) >= 11 is 0. The number of benzene rings is 1. The van der Waals surface area contributed by atoms with Gasteiger partial charge >= 0.3 is 6.18 Å².